The van der Waals surface area contributed by atoms with Crippen LogP contribution in [0.5, 0.6) is 5.75 Å². The summed E-state index contributed by atoms with van der Waals surface area (Å²) < 4.78 is 1.62. The average molecular weight is 418 g/mol. The summed E-state index contributed by atoms with van der Waals surface area (Å²) in [6, 6.07) is 12.2. The first-order valence-corrected chi connectivity index (χ1v) is 6.99. The summed E-state index contributed by atoms with van der Waals surface area (Å²) in [4.78, 5) is 12.0. The molecule has 5 heteroatoms. The Balaban J connectivity index is 2.24. The topological polar surface area (TPSA) is 49.3 Å². The van der Waals surface area contributed by atoms with E-state index in [9.17, 15) is 9.90 Å². The van der Waals surface area contributed by atoms with Gasteiger partial charge in [-0.25, -0.2) is 0 Å². The van der Waals surface area contributed by atoms with Crippen LogP contribution in [0.2, 0.25) is 0 Å². The Labute approximate surface area is 126 Å². The quantitative estimate of drug-likeness (QED) is 0.572. The molecule has 0 aliphatic carbocycles. The van der Waals surface area contributed by atoms with Crippen LogP contribution in [0, 0.1) is 3.57 Å². The predicted octanol–water partition coefficient (Wildman–Crippen LogP) is 4.01. The Morgan fingerprint density at radius 3 is 2.61 bits per heavy atom. The Morgan fingerprint density at radius 1 is 1.22 bits per heavy atom. The van der Waals surface area contributed by atoms with Crippen molar-refractivity contribution in [2.24, 2.45) is 0 Å². The lowest BCUT2D eigenvalue weighted by Crippen LogP contribution is -2.13. The van der Waals surface area contributed by atoms with Crippen molar-refractivity contribution in [2.75, 3.05) is 5.32 Å². The van der Waals surface area contributed by atoms with E-state index in [1.807, 2.05) is 12.1 Å². The van der Waals surface area contributed by atoms with E-state index in [1.165, 1.54) is 6.07 Å². The van der Waals surface area contributed by atoms with Crippen LogP contribution >= 0.6 is 38.5 Å². The van der Waals surface area contributed by atoms with E-state index < -0.39 is 0 Å². The largest absolute Gasteiger partial charge is 0.506 e. The van der Waals surface area contributed by atoms with Crippen molar-refractivity contribution >= 4 is 50.1 Å². The third-order valence-corrected chi connectivity index (χ3v) is 3.76. The highest BCUT2D eigenvalue weighted by atomic mass is 127. The second kappa shape index (κ2) is 5.71. The fourth-order valence-corrected chi connectivity index (χ4v) is 2.43. The second-order valence-corrected chi connectivity index (χ2v) is 5.67. The summed E-state index contributed by atoms with van der Waals surface area (Å²) >= 11 is 5.35. The number of carbonyl (C=O) groups excluding carboxylic acids is 1. The van der Waals surface area contributed by atoms with Gasteiger partial charge in [0.15, 0.2) is 0 Å². The van der Waals surface area contributed by atoms with E-state index in [1.54, 1.807) is 24.3 Å². The number of rotatable bonds is 2. The van der Waals surface area contributed by atoms with Gasteiger partial charge in [0.25, 0.3) is 5.91 Å². The van der Waals surface area contributed by atoms with Crippen molar-refractivity contribution in [1.29, 1.82) is 0 Å². The number of carbonyl (C=O) groups is 1. The lowest BCUT2D eigenvalue weighted by molar-refractivity contribution is 0.102. The molecule has 2 rings (SSSR count). The number of phenols is 1. The molecule has 92 valence electrons. The van der Waals surface area contributed by atoms with E-state index in [2.05, 4.69) is 43.8 Å². The fourth-order valence-electron chi connectivity index (χ4n) is 1.45. The highest BCUT2D eigenvalue weighted by Crippen LogP contribution is 2.27. The molecular weight excluding hydrogens is 409 g/mol. The molecule has 0 radical (unpaired) electrons. The van der Waals surface area contributed by atoms with Crippen LogP contribution in [0.4, 0.5) is 5.69 Å². The van der Waals surface area contributed by atoms with Crippen LogP contribution in [0.25, 0.3) is 0 Å². The van der Waals surface area contributed by atoms with Gasteiger partial charge in [-0.2, -0.15) is 0 Å². The van der Waals surface area contributed by atoms with Gasteiger partial charge in [-0.05, 0) is 52.9 Å². The number of amides is 1. The molecule has 2 N–H and O–H groups in total. The molecule has 0 unspecified atom stereocenters. The van der Waals surface area contributed by atoms with Gasteiger partial charge >= 0.3 is 0 Å². The van der Waals surface area contributed by atoms with Gasteiger partial charge in [-0.1, -0.05) is 28.1 Å². The molecule has 0 bridgehead atoms. The summed E-state index contributed by atoms with van der Waals surface area (Å²) in [5, 5.41) is 12.4. The van der Waals surface area contributed by atoms with Crippen LogP contribution in [0.3, 0.4) is 0 Å². The maximum atomic E-state index is 12.0. The monoisotopic (exact) mass is 417 g/mol. The van der Waals surface area contributed by atoms with Crippen molar-refractivity contribution in [3.05, 3.63) is 56.1 Å². The molecule has 2 aromatic rings. The van der Waals surface area contributed by atoms with Gasteiger partial charge in [-0.15, -0.1) is 0 Å². The maximum Gasteiger partial charge on any atom is 0.256 e. The molecule has 0 aromatic heterocycles. The van der Waals surface area contributed by atoms with Crippen molar-refractivity contribution in [3.8, 4) is 5.75 Å². The normalized spacial score (nSPS) is 10.1. The first-order valence-electron chi connectivity index (χ1n) is 5.12. The molecule has 1 amide bonds. The van der Waals surface area contributed by atoms with E-state index in [4.69, 9.17) is 0 Å². The van der Waals surface area contributed by atoms with E-state index in [0.717, 1.165) is 8.04 Å². The number of halogens is 2. The van der Waals surface area contributed by atoms with Crippen molar-refractivity contribution < 1.29 is 9.90 Å². The molecule has 0 saturated heterocycles. The van der Waals surface area contributed by atoms with Crippen molar-refractivity contribution in [2.45, 2.75) is 0 Å². The van der Waals surface area contributed by atoms with Gasteiger partial charge in [0.05, 0.1) is 11.3 Å². The van der Waals surface area contributed by atoms with Crippen LogP contribution in [0.1, 0.15) is 10.4 Å². The SMILES string of the molecule is O=C(Nc1ccc(Br)cc1O)c1ccccc1I. The van der Waals surface area contributed by atoms with Crippen molar-refractivity contribution in [1.82, 2.24) is 0 Å². The van der Waals surface area contributed by atoms with Gasteiger partial charge < -0.3 is 10.4 Å². The lowest BCUT2D eigenvalue weighted by Gasteiger charge is -2.08. The third-order valence-electron chi connectivity index (χ3n) is 2.33. The van der Waals surface area contributed by atoms with Gasteiger partial charge in [0, 0.05) is 8.04 Å². The number of benzene rings is 2. The number of nitrogens with one attached hydrogen (secondary N) is 1. The molecule has 18 heavy (non-hydrogen) atoms. The minimum atomic E-state index is -0.238. The molecule has 0 aliphatic heterocycles. The molecule has 0 heterocycles. The van der Waals surface area contributed by atoms with E-state index >= 15 is 0 Å². The summed E-state index contributed by atoms with van der Waals surface area (Å²) in [5.41, 5.74) is 0.975. The zero-order chi connectivity index (χ0) is 13.1. The number of hydrogen-bond donors (Lipinski definition) is 2. The summed E-state index contributed by atoms with van der Waals surface area (Å²) in [5.74, 6) is -0.207. The highest BCUT2D eigenvalue weighted by molar-refractivity contribution is 14.1. The smallest absolute Gasteiger partial charge is 0.256 e. The molecule has 0 spiro atoms. The van der Waals surface area contributed by atoms with Crippen LogP contribution in [-0.4, -0.2) is 11.0 Å². The Bertz CT molecular complexity index is 601. The fraction of sp³-hybridized carbons (Fsp3) is 0. The van der Waals surface area contributed by atoms with Crippen LogP contribution < -0.4 is 5.32 Å². The number of hydrogen-bond acceptors (Lipinski definition) is 2. The number of aromatic hydroxyl groups is 1. The second-order valence-electron chi connectivity index (χ2n) is 3.60. The van der Waals surface area contributed by atoms with E-state index in [-0.39, 0.29) is 11.7 Å². The highest BCUT2D eigenvalue weighted by Gasteiger charge is 2.11. The Kier molecular flexibility index (Phi) is 4.23. The maximum absolute atomic E-state index is 12.0. The van der Waals surface area contributed by atoms with Crippen molar-refractivity contribution in [3.63, 3.8) is 0 Å². The third kappa shape index (κ3) is 3.02. The minimum Gasteiger partial charge on any atom is -0.506 e. The zero-order valence-corrected chi connectivity index (χ0v) is 12.9. The predicted molar refractivity (Wildman–Crippen MR) is 82.9 cm³/mol. The zero-order valence-electron chi connectivity index (χ0n) is 9.15. The van der Waals surface area contributed by atoms with Crippen LogP contribution in [-0.2, 0) is 0 Å². The molecule has 0 saturated carbocycles. The number of phenolic OH excluding ortho intramolecular Hbond substituents is 1. The van der Waals surface area contributed by atoms with E-state index in [0.29, 0.717) is 11.3 Å². The minimum absolute atomic E-state index is 0.0312. The summed E-state index contributed by atoms with van der Waals surface area (Å²) in [6.45, 7) is 0. The van der Waals surface area contributed by atoms with Gasteiger partial charge in [0.2, 0.25) is 0 Å². The molecule has 2 aromatic carbocycles. The molecule has 0 aliphatic rings. The number of anilines is 1. The lowest BCUT2D eigenvalue weighted by atomic mass is 10.2. The van der Waals surface area contributed by atoms with Gasteiger partial charge in [-0.3, -0.25) is 4.79 Å². The Hall–Kier alpha value is -1.08. The molecule has 0 fully saturated rings. The average Bonchev–Trinajstić information content (AvgIpc) is 2.33. The van der Waals surface area contributed by atoms with Gasteiger partial charge in [0.1, 0.15) is 5.75 Å². The first-order chi connectivity index (χ1) is 8.58. The van der Waals surface area contributed by atoms with Crippen LogP contribution in [0.15, 0.2) is 46.9 Å². The Morgan fingerprint density at radius 2 is 1.94 bits per heavy atom. The molecule has 0 atom stereocenters. The summed E-state index contributed by atoms with van der Waals surface area (Å²) in [7, 11) is 0. The molecule has 3 nitrogen and oxygen atoms in total. The standard InChI is InChI=1S/C13H9BrINO2/c14-8-5-6-11(12(17)7-8)16-13(18)9-3-1-2-4-10(9)15/h1-7,17H,(H,16,18). The molecular formula is C13H9BrINO2. The summed E-state index contributed by atoms with van der Waals surface area (Å²) in [6.07, 6.45) is 0. The first kappa shape index (κ1) is 13.4.